The molecule has 0 radical (unpaired) electrons. The summed E-state index contributed by atoms with van der Waals surface area (Å²) in [5.74, 6) is 0. The summed E-state index contributed by atoms with van der Waals surface area (Å²) in [6.45, 7) is 2.08. The maximum absolute atomic E-state index is 9.41. The van der Waals surface area contributed by atoms with E-state index in [1.165, 1.54) is 4.88 Å². The van der Waals surface area contributed by atoms with Crippen molar-refractivity contribution in [1.82, 2.24) is 4.98 Å². The lowest BCUT2D eigenvalue weighted by Crippen LogP contribution is -2.32. The molecule has 1 aliphatic rings. The number of nitriles is 1. The number of benzene rings is 1. The predicted octanol–water partition coefficient (Wildman–Crippen LogP) is 4.83. The second-order valence-corrected chi connectivity index (χ2v) is 7.10. The van der Waals surface area contributed by atoms with E-state index < -0.39 is 0 Å². The molecule has 1 heterocycles. The van der Waals surface area contributed by atoms with E-state index in [2.05, 4.69) is 41.1 Å². The highest BCUT2D eigenvalue weighted by atomic mass is 79.9. The second-order valence-electron chi connectivity index (χ2n) is 4.98. The van der Waals surface area contributed by atoms with E-state index in [0.29, 0.717) is 0 Å². The van der Waals surface area contributed by atoms with E-state index in [9.17, 15) is 5.26 Å². The molecule has 1 aromatic heterocycles. The second kappa shape index (κ2) is 4.73. The Kier molecular flexibility index (Phi) is 3.20. The summed E-state index contributed by atoms with van der Waals surface area (Å²) in [5.41, 5.74) is 1.82. The average Bonchev–Trinajstić information content (AvgIpc) is 2.71. The molecule has 1 saturated carbocycles. The van der Waals surface area contributed by atoms with Crippen molar-refractivity contribution in [2.24, 2.45) is 0 Å². The van der Waals surface area contributed by atoms with Crippen LogP contribution >= 0.6 is 27.3 Å². The Bertz CT molecular complexity index is 665. The minimum atomic E-state index is -0.306. The number of hydrogen-bond donors (Lipinski definition) is 0. The highest BCUT2D eigenvalue weighted by Gasteiger charge is 2.42. The van der Waals surface area contributed by atoms with Crippen molar-refractivity contribution in [3.05, 3.63) is 38.6 Å². The number of halogens is 1. The van der Waals surface area contributed by atoms with Crippen LogP contribution in [-0.4, -0.2) is 4.98 Å². The van der Waals surface area contributed by atoms with Gasteiger partial charge in [-0.1, -0.05) is 28.1 Å². The third-order valence-electron chi connectivity index (χ3n) is 3.73. The quantitative estimate of drug-likeness (QED) is 0.789. The van der Waals surface area contributed by atoms with Crippen LogP contribution in [0.1, 0.15) is 29.1 Å². The van der Waals surface area contributed by atoms with Crippen LogP contribution in [0.3, 0.4) is 0 Å². The summed E-state index contributed by atoms with van der Waals surface area (Å²) in [6.07, 6.45) is 3.04. The number of nitrogens with zero attached hydrogens (tertiary/aromatic N) is 2. The third-order valence-corrected chi connectivity index (χ3v) is 5.39. The Balaban J connectivity index is 2.05. The molecule has 1 fully saturated rings. The number of hydrogen-bond acceptors (Lipinski definition) is 3. The molecule has 0 aliphatic heterocycles. The zero-order chi connectivity index (χ0) is 13.5. The van der Waals surface area contributed by atoms with Gasteiger partial charge in [0.2, 0.25) is 0 Å². The molecule has 0 spiro atoms. The van der Waals surface area contributed by atoms with Crippen LogP contribution in [0.15, 0.2) is 28.7 Å². The lowest BCUT2D eigenvalue weighted by atomic mass is 9.70. The Morgan fingerprint density at radius 2 is 2.21 bits per heavy atom. The number of thiazole rings is 1. The van der Waals surface area contributed by atoms with Crippen molar-refractivity contribution in [3.63, 3.8) is 0 Å². The van der Waals surface area contributed by atoms with Crippen LogP contribution in [0.25, 0.3) is 11.3 Å². The molecular formula is C15H13BrN2S. The number of aromatic nitrogens is 1. The van der Waals surface area contributed by atoms with Gasteiger partial charge in [0.05, 0.1) is 11.8 Å². The van der Waals surface area contributed by atoms with Crippen molar-refractivity contribution in [3.8, 4) is 17.3 Å². The maximum Gasteiger partial charge on any atom is 0.114 e. The Hall–Kier alpha value is -1.18. The fourth-order valence-electron chi connectivity index (χ4n) is 2.41. The van der Waals surface area contributed by atoms with Crippen molar-refractivity contribution in [2.45, 2.75) is 31.6 Å². The Morgan fingerprint density at radius 3 is 2.79 bits per heavy atom. The smallest absolute Gasteiger partial charge is 0.114 e. The van der Waals surface area contributed by atoms with Crippen molar-refractivity contribution in [2.75, 3.05) is 0 Å². The molecule has 0 N–H and O–H groups in total. The van der Waals surface area contributed by atoms with Crippen LogP contribution in [0.2, 0.25) is 0 Å². The third kappa shape index (κ3) is 2.11. The molecule has 1 aliphatic carbocycles. The van der Waals surface area contributed by atoms with Crippen LogP contribution in [-0.2, 0) is 5.41 Å². The molecule has 96 valence electrons. The first-order chi connectivity index (χ1) is 9.14. The van der Waals surface area contributed by atoms with Gasteiger partial charge in [-0.25, -0.2) is 4.98 Å². The number of rotatable bonds is 2. The fourth-order valence-corrected chi connectivity index (χ4v) is 3.94. The first kappa shape index (κ1) is 12.8. The lowest BCUT2D eigenvalue weighted by molar-refractivity contribution is 0.323. The zero-order valence-corrected chi connectivity index (χ0v) is 13.0. The zero-order valence-electron chi connectivity index (χ0n) is 10.6. The molecule has 0 amide bonds. The van der Waals surface area contributed by atoms with E-state index in [1.807, 2.05) is 12.1 Å². The van der Waals surface area contributed by atoms with Crippen molar-refractivity contribution < 1.29 is 0 Å². The van der Waals surface area contributed by atoms with Gasteiger partial charge in [0.15, 0.2) is 0 Å². The fraction of sp³-hybridized carbons (Fsp3) is 0.333. The summed E-state index contributed by atoms with van der Waals surface area (Å²) in [4.78, 5) is 5.95. The van der Waals surface area contributed by atoms with Gasteiger partial charge < -0.3 is 0 Å². The van der Waals surface area contributed by atoms with E-state index >= 15 is 0 Å². The van der Waals surface area contributed by atoms with Crippen molar-refractivity contribution >= 4 is 27.3 Å². The van der Waals surface area contributed by atoms with Crippen LogP contribution < -0.4 is 0 Å². The predicted molar refractivity (Wildman–Crippen MR) is 81.1 cm³/mol. The Morgan fingerprint density at radius 1 is 1.42 bits per heavy atom. The monoisotopic (exact) mass is 332 g/mol. The van der Waals surface area contributed by atoms with E-state index in [-0.39, 0.29) is 5.41 Å². The first-order valence-electron chi connectivity index (χ1n) is 6.30. The first-order valence-corrected chi connectivity index (χ1v) is 7.91. The van der Waals surface area contributed by atoms with Gasteiger partial charge in [-0.2, -0.15) is 5.26 Å². The largest absolute Gasteiger partial charge is 0.239 e. The van der Waals surface area contributed by atoms with E-state index in [4.69, 9.17) is 4.98 Å². The van der Waals surface area contributed by atoms with Gasteiger partial charge in [0.1, 0.15) is 10.4 Å². The van der Waals surface area contributed by atoms with Gasteiger partial charge in [0, 0.05) is 14.9 Å². The van der Waals surface area contributed by atoms with Gasteiger partial charge in [-0.15, -0.1) is 11.3 Å². The normalized spacial score (nSPS) is 16.7. The van der Waals surface area contributed by atoms with Crippen molar-refractivity contribution in [1.29, 1.82) is 5.26 Å². The lowest BCUT2D eigenvalue weighted by Gasteiger charge is -2.32. The molecule has 0 unspecified atom stereocenters. The summed E-state index contributed by atoms with van der Waals surface area (Å²) in [6, 6.07) is 10.6. The minimum absolute atomic E-state index is 0.306. The molecule has 3 rings (SSSR count). The number of aryl methyl sites for hydroxylation is 1. The standard InChI is InChI=1S/C15H13BrN2S/c1-10-13(11-4-2-5-12(16)8-11)18-14(19-10)15(9-17)6-3-7-15/h2,4-5,8H,3,6-7H2,1H3. The van der Waals surface area contributed by atoms with E-state index in [0.717, 1.165) is 40.0 Å². The molecule has 19 heavy (non-hydrogen) atoms. The molecule has 2 nitrogen and oxygen atoms in total. The summed E-state index contributed by atoms with van der Waals surface area (Å²) in [5, 5.41) is 10.4. The van der Waals surface area contributed by atoms with Gasteiger partial charge in [0.25, 0.3) is 0 Å². The Labute approximate surface area is 125 Å². The highest BCUT2D eigenvalue weighted by Crippen LogP contribution is 2.46. The molecular weight excluding hydrogens is 320 g/mol. The SMILES string of the molecule is Cc1sc(C2(C#N)CCC2)nc1-c1cccc(Br)c1. The molecule has 0 saturated heterocycles. The highest BCUT2D eigenvalue weighted by molar-refractivity contribution is 9.10. The molecule has 0 bridgehead atoms. The van der Waals surface area contributed by atoms with Crippen LogP contribution in [0.5, 0.6) is 0 Å². The van der Waals surface area contributed by atoms with Gasteiger partial charge >= 0.3 is 0 Å². The summed E-state index contributed by atoms with van der Waals surface area (Å²) < 4.78 is 1.05. The molecule has 0 atom stereocenters. The molecule has 4 heteroatoms. The molecule has 1 aromatic carbocycles. The summed E-state index contributed by atoms with van der Waals surface area (Å²) in [7, 11) is 0. The summed E-state index contributed by atoms with van der Waals surface area (Å²) >= 11 is 5.17. The topological polar surface area (TPSA) is 36.7 Å². The average molecular weight is 333 g/mol. The van der Waals surface area contributed by atoms with Crippen LogP contribution in [0.4, 0.5) is 0 Å². The molecule has 2 aromatic rings. The van der Waals surface area contributed by atoms with Gasteiger partial charge in [-0.05, 0) is 38.3 Å². The maximum atomic E-state index is 9.41. The van der Waals surface area contributed by atoms with Gasteiger partial charge in [-0.3, -0.25) is 0 Å². The minimum Gasteiger partial charge on any atom is -0.239 e. The van der Waals surface area contributed by atoms with E-state index in [1.54, 1.807) is 11.3 Å². The van der Waals surface area contributed by atoms with Crippen LogP contribution in [0, 0.1) is 18.3 Å².